The summed E-state index contributed by atoms with van der Waals surface area (Å²) in [6, 6.07) is 2.18. The second-order valence-corrected chi connectivity index (χ2v) is 4.40. The van der Waals surface area contributed by atoms with E-state index in [1.165, 1.54) is 0 Å². The van der Waals surface area contributed by atoms with Crippen LogP contribution in [0.25, 0.3) is 0 Å². The fraction of sp³-hybridized carbons (Fsp3) is 0.364. The summed E-state index contributed by atoms with van der Waals surface area (Å²) in [6.45, 7) is 2.52. The zero-order valence-corrected chi connectivity index (χ0v) is 11.8. The van der Waals surface area contributed by atoms with E-state index in [1.807, 2.05) is 6.92 Å². The summed E-state index contributed by atoms with van der Waals surface area (Å²) in [5.41, 5.74) is 2.98. The minimum Gasteiger partial charge on any atom is -0.361 e. The van der Waals surface area contributed by atoms with Gasteiger partial charge in [-0.2, -0.15) is 13.2 Å². The SMILES string of the molecule is CCCNC(=S)NNc1ccc(C(F)(F)F)cc1[N+](=O)[O-]. The predicted octanol–water partition coefficient (Wildman–Crippen LogP) is 2.81. The molecule has 0 heterocycles. The van der Waals surface area contributed by atoms with Crippen molar-refractivity contribution in [2.24, 2.45) is 0 Å². The van der Waals surface area contributed by atoms with Gasteiger partial charge in [0.05, 0.1) is 10.5 Å². The lowest BCUT2D eigenvalue weighted by molar-refractivity contribution is -0.384. The molecule has 0 radical (unpaired) electrons. The first kappa shape index (κ1) is 17.0. The third-order valence-corrected chi connectivity index (χ3v) is 2.61. The molecule has 0 aromatic heterocycles. The van der Waals surface area contributed by atoms with Crippen LogP contribution in [0.3, 0.4) is 0 Å². The van der Waals surface area contributed by atoms with Gasteiger partial charge in [0.25, 0.3) is 5.69 Å². The summed E-state index contributed by atoms with van der Waals surface area (Å²) in [7, 11) is 0. The molecule has 10 heteroatoms. The summed E-state index contributed by atoms with van der Waals surface area (Å²) in [5, 5.41) is 13.8. The molecule has 0 aliphatic rings. The number of nitrogens with one attached hydrogen (secondary N) is 3. The minimum atomic E-state index is -4.64. The van der Waals surface area contributed by atoms with Gasteiger partial charge in [-0.25, -0.2) is 0 Å². The molecule has 0 bridgehead atoms. The van der Waals surface area contributed by atoms with Gasteiger partial charge in [0.2, 0.25) is 0 Å². The molecule has 0 spiro atoms. The monoisotopic (exact) mass is 322 g/mol. The Hall–Kier alpha value is -2.10. The predicted molar refractivity (Wildman–Crippen MR) is 75.7 cm³/mol. The van der Waals surface area contributed by atoms with Gasteiger partial charge in [-0.15, -0.1) is 0 Å². The van der Waals surface area contributed by atoms with Crippen molar-refractivity contribution in [1.29, 1.82) is 0 Å². The van der Waals surface area contributed by atoms with E-state index in [2.05, 4.69) is 16.2 Å². The van der Waals surface area contributed by atoms with Crippen molar-refractivity contribution in [2.45, 2.75) is 19.5 Å². The first-order valence-corrected chi connectivity index (χ1v) is 6.32. The van der Waals surface area contributed by atoms with E-state index in [0.717, 1.165) is 18.6 Å². The summed E-state index contributed by atoms with van der Waals surface area (Å²) in [6.07, 6.45) is -3.82. The van der Waals surface area contributed by atoms with Crippen LogP contribution in [-0.4, -0.2) is 16.6 Å². The molecule has 0 saturated carbocycles. The highest BCUT2D eigenvalue weighted by molar-refractivity contribution is 7.80. The summed E-state index contributed by atoms with van der Waals surface area (Å²) >= 11 is 4.88. The Labute approximate surface area is 123 Å². The Morgan fingerprint density at radius 1 is 1.43 bits per heavy atom. The van der Waals surface area contributed by atoms with Crippen LogP contribution in [0.4, 0.5) is 24.5 Å². The molecule has 0 atom stereocenters. The van der Waals surface area contributed by atoms with Gasteiger partial charge in [0.15, 0.2) is 5.11 Å². The van der Waals surface area contributed by atoms with Gasteiger partial charge in [0, 0.05) is 12.6 Å². The lowest BCUT2D eigenvalue weighted by Gasteiger charge is -2.13. The maximum absolute atomic E-state index is 12.5. The number of rotatable bonds is 5. The van der Waals surface area contributed by atoms with Gasteiger partial charge in [-0.05, 0) is 30.8 Å². The second kappa shape index (κ2) is 7.07. The third-order valence-electron chi connectivity index (χ3n) is 2.37. The van der Waals surface area contributed by atoms with Crippen molar-refractivity contribution in [3.63, 3.8) is 0 Å². The van der Waals surface area contributed by atoms with E-state index >= 15 is 0 Å². The van der Waals surface area contributed by atoms with Gasteiger partial charge >= 0.3 is 6.18 Å². The maximum atomic E-state index is 12.5. The number of halogens is 3. The standard InChI is InChI=1S/C11H13F3N4O2S/c1-2-5-15-10(21)17-16-8-4-3-7(11(12,13)14)6-9(8)18(19)20/h3-4,6,16H,2,5H2,1H3,(H2,15,17,21). The van der Waals surface area contributed by atoms with Crippen LogP contribution >= 0.6 is 12.2 Å². The fourth-order valence-corrected chi connectivity index (χ4v) is 1.52. The first-order valence-electron chi connectivity index (χ1n) is 5.91. The van der Waals surface area contributed by atoms with Crippen LogP contribution in [0.15, 0.2) is 18.2 Å². The average Bonchev–Trinajstić information content (AvgIpc) is 2.41. The molecule has 21 heavy (non-hydrogen) atoms. The highest BCUT2D eigenvalue weighted by Gasteiger charge is 2.33. The van der Waals surface area contributed by atoms with Crippen LogP contribution in [0, 0.1) is 10.1 Å². The molecule has 1 rings (SSSR count). The van der Waals surface area contributed by atoms with Crippen LogP contribution in [0.5, 0.6) is 0 Å². The Morgan fingerprint density at radius 2 is 2.10 bits per heavy atom. The number of nitrogens with zero attached hydrogens (tertiary/aromatic N) is 1. The molecule has 0 aliphatic heterocycles. The van der Waals surface area contributed by atoms with Gasteiger partial charge in [-0.1, -0.05) is 6.92 Å². The second-order valence-electron chi connectivity index (χ2n) is 3.99. The molecule has 0 unspecified atom stereocenters. The number of anilines is 1. The smallest absolute Gasteiger partial charge is 0.361 e. The Kier molecular flexibility index (Phi) is 5.70. The molecule has 0 amide bonds. The molecule has 1 aromatic carbocycles. The summed E-state index contributed by atoms with van der Waals surface area (Å²) in [5.74, 6) is 0. The molecular formula is C11H13F3N4O2S. The van der Waals surface area contributed by atoms with Crippen molar-refractivity contribution >= 4 is 28.7 Å². The lowest BCUT2D eigenvalue weighted by atomic mass is 10.1. The number of thiocarbonyl (C=S) groups is 1. The summed E-state index contributed by atoms with van der Waals surface area (Å²) < 4.78 is 37.6. The topological polar surface area (TPSA) is 79.2 Å². The molecular weight excluding hydrogens is 309 g/mol. The number of nitro groups is 1. The molecule has 3 N–H and O–H groups in total. The number of nitro benzene ring substituents is 1. The molecule has 116 valence electrons. The number of benzene rings is 1. The van der Waals surface area contributed by atoms with Gasteiger partial charge in [-0.3, -0.25) is 21.0 Å². The van der Waals surface area contributed by atoms with E-state index in [0.29, 0.717) is 12.6 Å². The minimum absolute atomic E-state index is 0.117. The van der Waals surface area contributed by atoms with E-state index in [9.17, 15) is 23.3 Å². The van der Waals surface area contributed by atoms with Gasteiger partial charge < -0.3 is 5.32 Å². The van der Waals surface area contributed by atoms with Crippen LogP contribution in [0.1, 0.15) is 18.9 Å². The van der Waals surface area contributed by atoms with Crippen molar-refractivity contribution in [2.75, 3.05) is 12.0 Å². The Balaban J connectivity index is 2.87. The highest BCUT2D eigenvalue weighted by Crippen LogP contribution is 2.34. The Bertz CT molecular complexity index is 537. The fourth-order valence-electron chi connectivity index (χ4n) is 1.37. The first-order chi connectivity index (χ1) is 9.75. The van der Waals surface area contributed by atoms with Crippen LogP contribution in [0.2, 0.25) is 0 Å². The zero-order chi connectivity index (χ0) is 16.0. The van der Waals surface area contributed by atoms with Crippen LogP contribution < -0.4 is 16.2 Å². The largest absolute Gasteiger partial charge is 0.416 e. The zero-order valence-electron chi connectivity index (χ0n) is 11.0. The summed E-state index contributed by atoms with van der Waals surface area (Å²) in [4.78, 5) is 9.94. The van der Waals surface area contributed by atoms with Crippen molar-refractivity contribution in [3.8, 4) is 0 Å². The third kappa shape index (κ3) is 5.06. The number of alkyl halides is 3. The average molecular weight is 322 g/mol. The van der Waals surface area contributed by atoms with Crippen molar-refractivity contribution < 1.29 is 18.1 Å². The number of hydrogen-bond donors (Lipinski definition) is 3. The van der Waals surface area contributed by atoms with Crippen LogP contribution in [-0.2, 0) is 6.18 Å². The normalized spacial score (nSPS) is 10.9. The molecule has 6 nitrogen and oxygen atoms in total. The quantitative estimate of drug-likeness (QED) is 0.439. The molecule has 1 aromatic rings. The van der Waals surface area contributed by atoms with E-state index < -0.39 is 22.4 Å². The molecule has 0 saturated heterocycles. The molecule has 0 fully saturated rings. The van der Waals surface area contributed by atoms with E-state index in [-0.39, 0.29) is 10.8 Å². The Morgan fingerprint density at radius 3 is 2.62 bits per heavy atom. The number of hydrazine groups is 1. The number of hydrogen-bond acceptors (Lipinski definition) is 4. The van der Waals surface area contributed by atoms with E-state index in [1.54, 1.807) is 0 Å². The van der Waals surface area contributed by atoms with Gasteiger partial charge in [0.1, 0.15) is 5.69 Å². The lowest BCUT2D eigenvalue weighted by Crippen LogP contribution is -2.39. The maximum Gasteiger partial charge on any atom is 0.416 e. The van der Waals surface area contributed by atoms with Crippen molar-refractivity contribution in [3.05, 3.63) is 33.9 Å². The van der Waals surface area contributed by atoms with Crippen molar-refractivity contribution in [1.82, 2.24) is 10.7 Å². The van der Waals surface area contributed by atoms with E-state index in [4.69, 9.17) is 12.2 Å². The molecule has 0 aliphatic carbocycles. The highest BCUT2D eigenvalue weighted by atomic mass is 32.1.